The quantitative estimate of drug-likeness (QED) is 0.798. The van der Waals surface area contributed by atoms with Crippen LogP contribution in [0.2, 0.25) is 0 Å². The van der Waals surface area contributed by atoms with Crippen molar-refractivity contribution in [1.82, 2.24) is 0 Å². The summed E-state index contributed by atoms with van der Waals surface area (Å²) in [5.41, 5.74) is 1.46. The van der Waals surface area contributed by atoms with E-state index in [9.17, 15) is 4.79 Å². The van der Waals surface area contributed by atoms with Gasteiger partial charge in [0.2, 0.25) is 0 Å². The van der Waals surface area contributed by atoms with Gasteiger partial charge in [-0.2, -0.15) is 0 Å². The number of ether oxygens (including phenoxy) is 2. The van der Waals surface area contributed by atoms with Crippen molar-refractivity contribution in [2.45, 2.75) is 13.8 Å². The fourth-order valence-electron chi connectivity index (χ4n) is 1.46. The van der Waals surface area contributed by atoms with Gasteiger partial charge in [-0.3, -0.25) is 0 Å². The minimum atomic E-state index is -0.963. The lowest BCUT2D eigenvalue weighted by molar-refractivity contribution is -0.131. The summed E-state index contributed by atoms with van der Waals surface area (Å²) < 4.78 is 10.6. The van der Waals surface area contributed by atoms with E-state index < -0.39 is 5.97 Å². The van der Waals surface area contributed by atoms with Gasteiger partial charge in [0, 0.05) is 6.08 Å². The third kappa shape index (κ3) is 3.52. The zero-order valence-electron chi connectivity index (χ0n) is 10.2. The molecular weight excluding hydrogens is 220 g/mol. The van der Waals surface area contributed by atoms with Gasteiger partial charge in [-0.25, -0.2) is 4.79 Å². The Kier molecular flexibility index (Phi) is 4.57. The highest BCUT2D eigenvalue weighted by Crippen LogP contribution is 2.30. The Morgan fingerprint density at radius 3 is 2.65 bits per heavy atom. The van der Waals surface area contributed by atoms with Crippen LogP contribution in [-0.2, 0) is 4.79 Å². The van der Waals surface area contributed by atoms with Crippen LogP contribution in [0.1, 0.15) is 19.4 Å². The highest BCUT2D eigenvalue weighted by atomic mass is 16.5. The molecule has 0 fully saturated rings. The molecule has 0 unspecified atom stereocenters. The molecular formula is C13H16O4. The molecule has 0 spiro atoms. The monoisotopic (exact) mass is 236 g/mol. The molecule has 0 radical (unpaired) electrons. The molecule has 0 aliphatic heterocycles. The molecule has 0 bridgehead atoms. The SMILES string of the molecule is CCOc1ccc(/C(C)=C/C(=O)O)cc1OC. The predicted octanol–water partition coefficient (Wildman–Crippen LogP) is 2.58. The average Bonchev–Trinajstić information content (AvgIpc) is 2.29. The van der Waals surface area contributed by atoms with Gasteiger partial charge < -0.3 is 14.6 Å². The first-order valence-electron chi connectivity index (χ1n) is 5.31. The minimum absolute atomic E-state index is 0.555. The predicted molar refractivity (Wildman–Crippen MR) is 65.4 cm³/mol. The Morgan fingerprint density at radius 2 is 2.12 bits per heavy atom. The molecule has 92 valence electrons. The maximum Gasteiger partial charge on any atom is 0.328 e. The van der Waals surface area contributed by atoms with E-state index in [-0.39, 0.29) is 0 Å². The first-order valence-corrected chi connectivity index (χ1v) is 5.31. The van der Waals surface area contributed by atoms with Gasteiger partial charge in [0.1, 0.15) is 0 Å². The molecule has 0 aliphatic carbocycles. The van der Waals surface area contributed by atoms with Crippen LogP contribution in [0.3, 0.4) is 0 Å². The van der Waals surface area contributed by atoms with Gasteiger partial charge in [-0.05, 0) is 37.1 Å². The fraction of sp³-hybridized carbons (Fsp3) is 0.308. The van der Waals surface area contributed by atoms with Crippen LogP contribution >= 0.6 is 0 Å². The number of rotatable bonds is 5. The lowest BCUT2D eigenvalue weighted by Gasteiger charge is -2.11. The van der Waals surface area contributed by atoms with Crippen molar-refractivity contribution in [2.75, 3.05) is 13.7 Å². The number of benzene rings is 1. The molecule has 0 heterocycles. The lowest BCUT2D eigenvalue weighted by atomic mass is 10.1. The van der Waals surface area contributed by atoms with E-state index in [4.69, 9.17) is 14.6 Å². The Hall–Kier alpha value is -1.97. The van der Waals surface area contributed by atoms with Crippen LogP contribution < -0.4 is 9.47 Å². The van der Waals surface area contributed by atoms with Crippen LogP contribution in [-0.4, -0.2) is 24.8 Å². The third-order valence-electron chi connectivity index (χ3n) is 2.26. The van der Waals surface area contributed by atoms with E-state index in [1.807, 2.05) is 13.0 Å². The van der Waals surface area contributed by atoms with E-state index in [1.54, 1.807) is 26.2 Å². The molecule has 1 aromatic rings. The molecule has 0 aliphatic rings. The van der Waals surface area contributed by atoms with Gasteiger partial charge in [-0.1, -0.05) is 6.07 Å². The van der Waals surface area contributed by atoms with Crippen LogP contribution in [0.15, 0.2) is 24.3 Å². The van der Waals surface area contributed by atoms with Crippen molar-refractivity contribution in [2.24, 2.45) is 0 Å². The first kappa shape index (κ1) is 13.1. The van der Waals surface area contributed by atoms with Crippen molar-refractivity contribution >= 4 is 11.5 Å². The molecule has 1 rings (SSSR count). The van der Waals surface area contributed by atoms with Crippen LogP contribution in [0, 0.1) is 0 Å². The van der Waals surface area contributed by atoms with E-state index in [0.717, 1.165) is 11.6 Å². The molecule has 0 saturated carbocycles. The van der Waals surface area contributed by atoms with E-state index >= 15 is 0 Å². The van der Waals surface area contributed by atoms with Crippen molar-refractivity contribution in [3.63, 3.8) is 0 Å². The molecule has 1 N–H and O–H groups in total. The molecule has 1 aromatic carbocycles. The smallest absolute Gasteiger partial charge is 0.328 e. The maximum atomic E-state index is 10.6. The Morgan fingerprint density at radius 1 is 1.41 bits per heavy atom. The number of allylic oxidation sites excluding steroid dienone is 1. The standard InChI is InChI=1S/C13H16O4/c1-4-17-11-6-5-10(8-12(11)16-3)9(2)7-13(14)15/h5-8H,4H2,1-3H3,(H,14,15)/b9-7+. The number of carboxylic acid groups (broad SMARTS) is 1. The number of hydrogen-bond donors (Lipinski definition) is 1. The highest BCUT2D eigenvalue weighted by molar-refractivity contribution is 5.89. The van der Waals surface area contributed by atoms with Crippen molar-refractivity contribution < 1.29 is 19.4 Å². The summed E-state index contributed by atoms with van der Waals surface area (Å²) in [4.78, 5) is 10.6. The first-order chi connectivity index (χ1) is 8.08. The van der Waals surface area contributed by atoms with Crippen molar-refractivity contribution in [3.05, 3.63) is 29.8 Å². The largest absolute Gasteiger partial charge is 0.493 e. The van der Waals surface area contributed by atoms with E-state index in [0.29, 0.717) is 23.7 Å². The Bertz CT molecular complexity index is 435. The highest BCUT2D eigenvalue weighted by Gasteiger charge is 2.06. The Balaban J connectivity index is 3.08. The molecule has 4 nitrogen and oxygen atoms in total. The summed E-state index contributed by atoms with van der Waals surface area (Å²) in [6.07, 6.45) is 1.16. The normalized spacial score (nSPS) is 11.1. The van der Waals surface area contributed by atoms with Crippen LogP contribution in [0.5, 0.6) is 11.5 Å². The summed E-state index contributed by atoms with van der Waals surface area (Å²) in [7, 11) is 1.55. The second-order valence-corrected chi connectivity index (χ2v) is 3.46. The van der Waals surface area contributed by atoms with Gasteiger partial charge in [0.15, 0.2) is 11.5 Å². The fourth-order valence-corrected chi connectivity index (χ4v) is 1.46. The summed E-state index contributed by atoms with van der Waals surface area (Å²) in [5.74, 6) is 0.291. The summed E-state index contributed by atoms with van der Waals surface area (Å²) in [5, 5.41) is 8.68. The summed E-state index contributed by atoms with van der Waals surface area (Å²) >= 11 is 0. The second kappa shape index (κ2) is 5.94. The van der Waals surface area contributed by atoms with Crippen molar-refractivity contribution in [1.29, 1.82) is 0 Å². The number of aliphatic carboxylic acids is 1. The van der Waals surface area contributed by atoms with Crippen LogP contribution in [0.25, 0.3) is 5.57 Å². The number of carboxylic acids is 1. The Labute approximate surface area is 100 Å². The second-order valence-electron chi connectivity index (χ2n) is 3.46. The molecule has 4 heteroatoms. The lowest BCUT2D eigenvalue weighted by Crippen LogP contribution is -1.96. The molecule has 0 aromatic heterocycles. The average molecular weight is 236 g/mol. The van der Waals surface area contributed by atoms with E-state index in [1.165, 1.54) is 0 Å². The van der Waals surface area contributed by atoms with Gasteiger partial charge in [0.25, 0.3) is 0 Å². The zero-order valence-corrected chi connectivity index (χ0v) is 10.2. The maximum absolute atomic E-state index is 10.6. The minimum Gasteiger partial charge on any atom is -0.493 e. The topological polar surface area (TPSA) is 55.8 Å². The zero-order chi connectivity index (χ0) is 12.8. The summed E-state index contributed by atoms with van der Waals surface area (Å²) in [6.45, 7) is 4.19. The van der Waals surface area contributed by atoms with Gasteiger partial charge in [-0.15, -0.1) is 0 Å². The molecule has 0 amide bonds. The summed E-state index contributed by atoms with van der Waals surface area (Å²) in [6, 6.07) is 5.35. The molecule has 0 atom stereocenters. The van der Waals surface area contributed by atoms with Gasteiger partial charge >= 0.3 is 5.97 Å². The third-order valence-corrected chi connectivity index (χ3v) is 2.26. The number of hydrogen-bond acceptors (Lipinski definition) is 3. The van der Waals surface area contributed by atoms with Crippen molar-refractivity contribution in [3.8, 4) is 11.5 Å². The number of methoxy groups -OCH3 is 1. The van der Waals surface area contributed by atoms with Gasteiger partial charge in [0.05, 0.1) is 13.7 Å². The van der Waals surface area contributed by atoms with Crippen LogP contribution in [0.4, 0.5) is 0 Å². The molecule has 17 heavy (non-hydrogen) atoms. The van der Waals surface area contributed by atoms with E-state index in [2.05, 4.69) is 0 Å². The molecule has 0 saturated heterocycles. The number of carbonyl (C=O) groups is 1.